The fourth-order valence-electron chi connectivity index (χ4n) is 8.27. The number of carbonyl (C=O) groups excluding carboxylic acids is 3. The highest BCUT2D eigenvalue weighted by Crippen LogP contribution is 2.14. The Kier molecular flexibility index (Phi) is 64.0. The Hall–Kier alpha value is -5.75. The van der Waals surface area contributed by atoms with Crippen molar-refractivity contribution in [1.82, 2.24) is 0 Å². The zero-order valence-corrected chi connectivity index (χ0v) is 52.9. The predicted octanol–water partition coefficient (Wildman–Crippen LogP) is 23.0. The summed E-state index contributed by atoms with van der Waals surface area (Å²) in [5.74, 6) is -1.02. The van der Waals surface area contributed by atoms with Crippen LogP contribution in [0.2, 0.25) is 0 Å². The van der Waals surface area contributed by atoms with E-state index >= 15 is 0 Å². The lowest BCUT2D eigenvalue weighted by Crippen LogP contribution is -2.30. The van der Waals surface area contributed by atoms with Gasteiger partial charge in [-0.3, -0.25) is 14.4 Å². The molecule has 0 fully saturated rings. The first-order chi connectivity index (χ1) is 41.0. The second-order valence-corrected chi connectivity index (χ2v) is 20.9. The standard InChI is InChI=1S/C77H118O6/c1-4-7-10-13-16-19-22-25-27-29-30-31-32-33-34-35-36-37-38-39-40-41-42-43-44-45-46-48-49-52-55-58-61-64-67-70-76(79)82-73-74(72-81-75(78)69-66-63-60-57-54-51-24-21-18-15-12-9-6-3)83-77(80)71-68-65-62-59-56-53-50-47-28-26-23-20-17-14-11-8-5-2/h7-12,16-21,25-28,30-31,33-34,36-37,39-40,42-43,50-51,53-54,59,62,74H,4-6,13-15,22-24,29,32,35,38,41,44-49,52,55-58,60-61,63-73H2,1-3H3/b10-7-,11-8-,12-9-,19-16-,20-17-,21-18-,27-25-,28-26-,31-30-,34-33-,37-36-,40-39-,43-42-,53-50-,54-51-,62-59-. The van der Waals surface area contributed by atoms with E-state index in [9.17, 15) is 14.4 Å². The predicted molar refractivity (Wildman–Crippen MR) is 361 cm³/mol. The van der Waals surface area contributed by atoms with Gasteiger partial charge in [0.05, 0.1) is 0 Å². The lowest BCUT2D eigenvalue weighted by Gasteiger charge is -2.18. The van der Waals surface area contributed by atoms with E-state index in [2.05, 4.69) is 215 Å². The number of unbranched alkanes of at least 4 members (excludes halogenated alkanes) is 14. The van der Waals surface area contributed by atoms with Gasteiger partial charge in [-0.1, -0.05) is 273 Å². The Morgan fingerprint density at radius 2 is 0.446 bits per heavy atom. The third kappa shape index (κ3) is 66.9. The third-order valence-electron chi connectivity index (χ3n) is 13.1. The van der Waals surface area contributed by atoms with Crippen LogP contribution in [0.3, 0.4) is 0 Å². The van der Waals surface area contributed by atoms with Crippen LogP contribution in [0.5, 0.6) is 0 Å². The molecule has 0 aromatic rings. The zero-order valence-electron chi connectivity index (χ0n) is 52.9. The third-order valence-corrected chi connectivity index (χ3v) is 13.1. The van der Waals surface area contributed by atoms with Crippen molar-refractivity contribution in [2.45, 2.75) is 258 Å². The second-order valence-electron chi connectivity index (χ2n) is 20.9. The molecule has 1 atom stereocenters. The van der Waals surface area contributed by atoms with Gasteiger partial charge in [-0.25, -0.2) is 0 Å². The molecule has 0 spiro atoms. The SMILES string of the molecule is CC/C=C\C/C=C\C/C=C\C/C=C\C/C=C\C/C=C\C/C=C\C/C=C\CCCCCCCCCCCCC(=O)OCC(COC(=O)CCCCC/C=C\C/C=C\C/C=C\CC)OC(=O)CCC/C=C\C/C=C\C/C=C\C/C=C\C/C=C\CC. The van der Waals surface area contributed by atoms with Gasteiger partial charge in [0.25, 0.3) is 0 Å². The lowest BCUT2D eigenvalue weighted by atomic mass is 10.1. The topological polar surface area (TPSA) is 78.9 Å². The molecule has 0 bridgehead atoms. The molecular weight excluding hydrogens is 1020 g/mol. The average molecular weight is 1140 g/mol. The van der Waals surface area contributed by atoms with E-state index in [4.69, 9.17) is 14.2 Å². The summed E-state index contributed by atoms with van der Waals surface area (Å²) in [7, 11) is 0. The van der Waals surface area contributed by atoms with Crippen LogP contribution >= 0.6 is 0 Å². The van der Waals surface area contributed by atoms with E-state index in [1.54, 1.807) is 0 Å². The first kappa shape index (κ1) is 77.2. The van der Waals surface area contributed by atoms with Crippen molar-refractivity contribution in [3.8, 4) is 0 Å². The Balaban J connectivity index is 4.34. The molecule has 6 nitrogen and oxygen atoms in total. The summed E-state index contributed by atoms with van der Waals surface area (Å²) in [4.78, 5) is 38.3. The van der Waals surface area contributed by atoms with E-state index in [0.29, 0.717) is 19.3 Å². The largest absolute Gasteiger partial charge is 0.462 e. The minimum Gasteiger partial charge on any atom is -0.462 e. The Labute approximate surface area is 509 Å². The van der Waals surface area contributed by atoms with Crippen molar-refractivity contribution in [2.75, 3.05) is 13.2 Å². The van der Waals surface area contributed by atoms with Gasteiger partial charge in [0.1, 0.15) is 13.2 Å². The number of rotatable bonds is 57. The van der Waals surface area contributed by atoms with E-state index in [-0.39, 0.29) is 37.5 Å². The normalized spacial score (nSPS) is 13.4. The smallest absolute Gasteiger partial charge is 0.306 e. The zero-order chi connectivity index (χ0) is 59.9. The molecule has 0 aliphatic heterocycles. The van der Waals surface area contributed by atoms with Crippen LogP contribution in [-0.2, 0) is 28.6 Å². The maximum absolute atomic E-state index is 12.9. The molecule has 0 amide bonds. The maximum Gasteiger partial charge on any atom is 0.306 e. The molecule has 462 valence electrons. The number of carbonyl (C=O) groups is 3. The molecule has 0 aromatic heterocycles. The minimum absolute atomic E-state index is 0.121. The van der Waals surface area contributed by atoms with Crippen LogP contribution < -0.4 is 0 Å². The van der Waals surface area contributed by atoms with Crippen LogP contribution in [-0.4, -0.2) is 37.2 Å². The Bertz CT molecular complexity index is 1990. The second kappa shape index (κ2) is 68.7. The molecule has 1 unspecified atom stereocenters. The van der Waals surface area contributed by atoms with Crippen molar-refractivity contribution in [2.24, 2.45) is 0 Å². The average Bonchev–Trinajstić information content (AvgIpc) is 3.49. The van der Waals surface area contributed by atoms with E-state index < -0.39 is 6.10 Å². The van der Waals surface area contributed by atoms with Crippen LogP contribution in [0.4, 0.5) is 0 Å². The summed E-state index contributed by atoms with van der Waals surface area (Å²) in [6.07, 6.45) is 105. The van der Waals surface area contributed by atoms with Gasteiger partial charge in [0, 0.05) is 19.3 Å². The molecule has 6 heteroatoms. The van der Waals surface area contributed by atoms with Crippen molar-refractivity contribution in [3.63, 3.8) is 0 Å². The lowest BCUT2D eigenvalue weighted by molar-refractivity contribution is -0.167. The number of hydrogen-bond donors (Lipinski definition) is 0. The highest BCUT2D eigenvalue weighted by molar-refractivity contribution is 5.71. The van der Waals surface area contributed by atoms with E-state index in [0.717, 1.165) is 161 Å². The molecule has 0 radical (unpaired) electrons. The van der Waals surface area contributed by atoms with Gasteiger partial charge in [0.15, 0.2) is 6.10 Å². The van der Waals surface area contributed by atoms with Gasteiger partial charge < -0.3 is 14.2 Å². The van der Waals surface area contributed by atoms with Crippen molar-refractivity contribution < 1.29 is 28.6 Å². The summed E-state index contributed by atoms with van der Waals surface area (Å²) in [5, 5.41) is 0. The first-order valence-electron chi connectivity index (χ1n) is 32.9. The maximum atomic E-state index is 12.9. The summed E-state index contributed by atoms with van der Waals surface area (Å²) < 4.78 is 16.8. The van der Waals surface area contributed by atoms with Gasteiger partial charge in [-0.15, -0.1) is 0 Å². The van der Waals surface area contributed by atoms with Crippen LogP contribution in [0, 0.1) is 0 Å². The van der Waals surface area contributed by atoms with Crippen LogP contribution in [0.15, 0.2) is 194 Å². The van der Waals surface area contributed by atoms with E-state index in [1.165, 1.54) is 44.9 Å². The van der Waals surface area contributed by atoms with Gasteiger partial charge in [-0.2, -0.15) is 0 Å². The number of ether oxygens (including phenoxy) is 3. The number of hydrogen-bond acceptors (Lipinski definition) is 6. The molecule has 0 heterocycles. The highest BCUT2D eigenvalue weighted by Gasteiger charge is 2.19. The molecule has 0 N–H and O–H groups in total. The molecular formula is C77H118O6. The number of allylic oxidation sites excluding steroid dienone is 32. The van der Waals surface area contributed by atoms with Crippen molar-refractivity contribution in [1.29, 1.82) is 0 Å². The molecule has 0 aromatic carbocycles. The first-order valence-corrected chi connectivity index (χ1v) is 32.9. The molecule has 0 aliphatic carbocycles. The highest BCUT2D eigenvalue weighted by atomic mass is 16.6. The van der Waals surface area contributed by atoms with Crippen molar-refractivity contribution >= 4 is 17.9 Å². The fraction of sp³-hybridized carbons (Fsp3) is 0.545. The van der Waals surface area contributed by atoms with Crippen LogP contribution in [0.25, 0.3) is 0 Å². The van der Waals surface area contributed by atoms with Gasteiger partial charge in [-0.05, 0) is 154 Å². The molecule has 83 heavy (non-hydrogen) atoms. The monoisotopic (exact) mass is 1140 g/mol. The van der Waals surface area contributed by atoms with Gasteiger partial charge in [0.2, 0.25) is 0 Å². The molecule has 0 rings (SSSR count). The Morgan fingerprint density at radius 3 is 0.723 bits per heavy atom. The molecule has 0 saturated heterocycles. The fourth-order valence-corrected chi connectivity index (χ4v) is 8.27. The quantitative estimate of drug-likeness (QED) is 0.0261. The Morgan fingerprint density at radius 1 is 0.241 bits per heavy atom. The van der Waals surface area contributed by atoms with Crippen LogP contribution in [0.1, 0.15) is 252 Å². The summed E-state index contributed by atoms with van der Waals surface area (Å²) in [6, 6.07) is 0. The summed E-state index contributed by atoms with van der Waals surface area (Å²) >= 11 is 0. The summed E-state index contributed by atoms with van der Waals surface area (Å²) in [6.45, 7) is 6.20. The minimum atomic E-state index is -0.833. The molecule has 0 saturated carbocycles. The summed E-state index contributed by atoms with van der Waals surface area (Å²) in [5.41, 5.74) is 0. The van der Waals surface area contributed by atoms with E-state index in [1.807, 2.05) is 0 Å². The van der Waals surface area contributed by atoms with Crippen molar-refractivity contribution in [3.05, 3.63) is 194 Å². The number of esters is 3. The van der Waals surface area contributed by atoms with Gasteiger partial charge >= 0.3 is 17.9 Å². The molecule has 0 aliphatic rings.